The van der Waals surface area contributed by atoms with Crippen molar-refractivity contribution in [1.29, 1.82) is 0 Å². The van der Waals surface area contributed by atoms with Crippen LogP contribution in [0.2, 0.25) is 0 Å². The molecule has 1 aliphatic rings. The second-order valence-corrected chi connectivity index (χ2v) is 6.37. The van der Waals surface area contributed by atoms with Crippen LogP contribution in [0.15, 0.2) is 35.4 Å². The van der Waals surface area contributed by atoms with Gasteiger partial charge >= 0.3 is 0 Å². The van der Waals surface area contributed by atoms with E-state index >= 15 is 0 Å². The summed E-state index contributed by atoms with van der Waals surface area (Å²) in [6.45, 7) is 0.273. The standard InChI is InChI=1S/C12H11FN4O2S/c13-9-2-1-3-10(4-9)20(18,19)17-6-8-5-15-12(14)16-11(8)7-17/h1-5H,6-7H2,(H2,14,15,16). The van der Waals surface area contributed by atoms with Crippen molar-refractivity contribution in [2.45, 2.75) is 18.0 Å². The number of rotatable bonds is 2. The van der Waals surface area contributed by atoms with Crippen LogP contribution in [0.3, 0.4) is 0 Å². The normalized spacial score (nSPS) is 15.2. The second-order valence-electron chi connectivity index (χ2n) is 4.43. The van der Waals surface area contributed by atoms with Crippen molar-refractivity contribution < 1.29 is 12.8 Å². The zero-order valence-corrected chi connectivity index (χ0v) is 11.1. The van der Waals surface area contributed by atoms with E-state index in [0.29, 0.717) is 11.3 Å². The number of fused-ring (bicyclic) bond motifs is 1. The summed E-state index contributed by atoms with van der Waals surface area (Å²) in [4.78, 5) is 7.78. The van der Waals surface area contributed by atoms with Crippen LogP contribution in [0, 0.1) is 5.82 Å². The van der Waals surface area contributed by atoms with Gasteiger partial charge in [-0.15, -0.1) is 0 Å². The van der Waals surface area contributed by atoms with E-state index in [2.05, 4.69) is 9.97 Å². The topological polar surface area (TPSA) is 89.2 Å². The number of nitrogens with two attached hydrogens (primary N) is 1. The Kier molecular flexibility index (Phi) is 2.91. The summed E-state index contributed by atoms with van der Waals surface area (Å²) in [6, 6.07) is 4.92. The fourth-order valence-corrected chi connectivity index (χ4v) is 3.50. The summed E-state index contributed by atoms with van der Waals surface area (Å²) in [5.74, 6) is -0.486. The first-order valence-corrected chi connectivity index (χ1v) is 7.27. The predicted molar refractivity (Wildman–Crippen MR) is 69.3 cm³/mol. The van der Waals surface area contributed by atoms with E-state index in [0.717, 1.165) is 6.07 Å². The van der Waals surface area contributed by atoms with E-state index in [1.807, 2.05) is 0 Å². The third-order valence-corrected chi connectivity index (χ3v) is 4.87. The Morgan fingerprint density at radius 1 is 1.30 bits per heavy atom. The molecule has 0 saturated heterocycles. The summed E-state index contributed by atoms with van der Waals surface area (Å²) < 4.78 is 39.2. The lowest BCUT2D eigenvalue weighted by Crippen LogP contribution is -2.25. The zero-order chi connectivity index (χ0) is 14.3. The van der Waals surface area contributed by atoms with E-state index in [4.69, 9.17) is 5.73 Å². The van der Waals surface area contributed by atoms with Gasteiger partial charge in [-0.25, -0.2) is 22.8 Å². The molecule has 0 aliphatic carbocycles. The molecule has 8 heteroatoms. The van der Waals surface area contributed by atoms with E-state index < -0.39 is 15.8 Å². The van der Waals surface area contributed by atoms with Gasteiger partial charge in [-0.3, -0.25) is 0 Å². The molecule has 2 N–H and O–H groups in total. The monoisotopic (exact) mass is 294 g/mol. The molecule has 2 aromatic rings. The molecular weight excluding hydrogens is 283 g/mol. The highest BCUT2D eigenvalue weighted by molar-refractivity contribution is 7.89. The third kappa shape index (κ3) is 2.12. The molecule has 1 aliphatic heterocycles. The molecule has 0 unspecified atom stereocenters. The molecule has 3 rings (SSSR count). The average molecular weight is 294 g/mol. The molecule has 6 nitrogen and oxygen atoms in total. The second kappa shape index (κ2) is 4.50. The fraction of sp³-hybridized carbons (Fsp3) is 0.167. The Morgan fingerprint density at radius 2 is 2.10 bits per heavy atom. The minimum Gasteiger partial charge on any atom is -0.368 e. The number of benzene rings is 1. The molecule has 2 heterocycles. The summed E-state index contributed by atoms with van der Waals surface area (Å²) in [7, 11) is -3.76. The molecular formula is C12H11FN4O2S. The molecule has 0 bridgehead atoms. The van der Waals surface area contributed by atoms with Gasteiger partial charge in [-0.2, -0.15) is 4.31 Å². The van der Waals surface area contributed by atoms with Crippen LogP contribution in [-0.2, 0) is 23.1 Å². The molecule has 0 fully saturated rings. The molecule has 0 spiro atoms. The van der Waals surface area contributed by atoms with Gasteiger partial charge in [0.15, 0.2) is 0 Å². The number of sulfonamides is 1. The van der Waals surface area contributed by atoms with E-state index in [9.17, 15) is 12.8 Å². The van der Waals surface area contributed by atoms with Gasteiger partial charge in [-0.05, 0) is 18.2 Å². The lowest BCUT2D eigenvalue weighted by molar-refractivity contribution is 0.429. The smallest absolute Gasteiger partial charge is 0.243 e. The lowest BCUT2D eigenvalue weighted by atomic mass is 10.3. The SMILES string of the molecule is Nc1ncc2c(n1)CN(S(=O)(=O)c1cccc(F)c1)C2. The van der Waals surface area contributed by atoms with Gasteiger partial charge < -0.3 is 5.73 Å². The first kappa shape index (κ1) is 12.9. The number of nitrogens with zero attached hydrogens (tertiary/aromatic N) is 3. The van der Waals surface area contributed by atoms with Crippen LogP contribution in [-0.4, -0.2) is 22.7 Å². The highest BCUT2D eigenvalue weighted by Crippen LogP contribution is 2.27. The zero-order valence-electron chi connectivity index (χ0n) is 10.3. The Labute approximate surface area is 115 Å². The Bertz CT molecular complexity index is 779. The van der Waals surface area contributed by atoms with Crippen LogP contribution < -0.4 is 5.73 Å². The van der Waals surface area contributed by atoms with E-state index in [-0.39, 0.29) is 23.9 Å². The number of nitrogen functional groups attached to an aromatic ring is 1. The van der Waals surface area contributed by atoms with Crippen LogP contribution in [0.1, 0.15) is 11.3 Å². The van der Waals surface area contributed by atoms with Gasteiger partial charge in [-0.1, -0.05) is 6.07 Å². The quantitative estimate of drug-likeness (QED) is 0.889. The van der Waals surface area contributed by atoms with E-state index in [1.54, 1.807) is 0 Å². The third-order valence-electron chi connectivity index (χ3n) is 3.08. The first-order chi connectivity index (χ1) is 9.46. The van der Waals surface area contributed by atoms with Crippen molar-refractivity contribution in [2.24, 2.45) is 0 Å². The lowest BCUT2D eigenvalue weighted by Gasteiger charge is -2.15. The Morgan fingerprint density at radius 3 is 2.85 bits per heavy atom. The van der Waals surface area contributed by atoms with Crippen LogP contribution in [0.5, 0.6) is 0 Å². The van der Waals surface area contributed by atoms with Gasteiger partial charge in [0.25, 0.3) is 0 Å². The number of anilines is 1. The summed E-state index contributed by atoms with van der Waals surface area (Å²) >= 11 is 0. The Balaban J connectivity index is 1.95. The van der Waals surface area contributed by atoms with Crippen molar-refractivity contribution in [1.82, 2.24) is 14.3 Å². The summed E-state index contributed by atoms with van der Waals surface area (Å²) in [5, 5.41) is 0. The minimum absolute atomic E-state index is 0.0776. The van der Waals surface area contributed by atoms with Crippen LogP contribution >= 0.6 is 0 Å². The number of aromatic nitrogens is 2. The summed E-state index contributed by atoms with van der Waals surface area (Å²) in [5.41, 5.74) is 6.77. The average Bonchev–Trinajstić information content (AvgIpc) is 2.82. The Hall–Kier alpha value is -2.06. The highest BCUT2D eigenvalue weighted by atomic mass is 32.2. The van der Waals surface area contributed by atoms with Crippen LogP contribution in [0.4, 0.5) is 10.3 Å². The minimum atomic E-state index is -3.76. The first-order valence-electron chi connectivity index (χ1n) is 5.83. The van der Waals surface area contributed by atoms with Gasteiger partial charge in [0.05, 0.1) is 17.1 Å². The van der Waals surface area contributed by atoms with Crippen molar-refractivity contribution in [3.05, 3.63) is 47.5 Å². The molecule has 1 aromatic carbocycles. The molecule has 1 aromatic heterocycles. The molecule has 20 heavy (non-hydrogen) atoms. The van der Waals surface area contributed by atoms with Crippen molar-refractivity contribution in [3.63, 3.8) is 0 Å². The predicted octanol–water partition coefficient (Wildman–Crippen LogP) is 0.902. The number of halogens is 1. The maximum absolute atomic E-state index is 13.2. The molecule has 0 amide bonds. The van der Waals surface area contributed by atoms with Gasteiger partial charge in [0.2, 0.25) is 16.0 Å². The molecule has 0 atom stereocenters. The molecule has 104 valence electrons. The number of hydrogen-bond donors (Lipinski definition) is 1. The maximum atomic E-state index is 13.2. The fourth-order valence-electron chi connectivity index (χ4n) is 2.09. The maximum Gasteiger partial charge on any atom is 0.243 e. The van der Waals surface area contributed by atoms with Crippen molar-refractivity contribution in [3.8, 4) is 0 Å². The molecule has 0 saturated carbocycles. The van der Waals surface area contributed by atoms with Gasteiger partial charge in [0, 0.05) is 18.3 Å². The summed E-state index contributed by atoms with van der Waals surface area (Å²) in [6.07, 6.45) is 1.51. The number of hydrogen-bond acceptors (Lipinski definition) is 5. The largest absolute Gasteiger partial charge is 0.368 e. The van der Waals surface area contributed by atoms with Crippen molar-refractivity contribution in [2.75, 3.05) is 5.73 Å². The molecule has 0 radical (unpaired) electrons. The van der Waals surface area contributed by atoms with Crippen molar-refractivity contribution >= 4 is 16.0 Å². The van der Waals surface area contributed by atoms with E-state index in [1.165, 1.54) is 28.7 Å². The van der Waals surface area contributed by atoms with Crippen LogP contribution in [0.25, 0.3) is 0 Å². The highest BCUT2D eigenvalue weighted by Gasteiger charge is 2.32. The van der Waals surface area contributed by atoms with Gasteiger partial charge in [0.1, 0.15) is 5.82 Å².